The van der Waals surface area contributed by atoms with Gasteiger partial charge in [-0.1, -0.05) is 12.1 Å². The van der Waals surface area contributed by atoms with Gasteiger partial charge in [0, 0.05) is 20.0 Å². The van der Waals surface area contributed by atoms with E-state index in [0.717, 1.165) is 10.5 Å². The number of rotatable bonds is 6. The number of carbonyl (C=O) groups is 3. The van der Waals surface area contributed by atoms with E-state index in [4.69, 9.17) is 4.74 Å². The van der Waals surface area contributed by atoms with Crippen molar-refractivity contribution in [2.75, 3.05) is 13.1 Å². The van der Waals surface area contributed by atoms with Crippen LogP contribution in [-0.4, -0.2) is 35.7 Å². The molecule has 3 rings (SSSR count). The minimum atomic E-state index is -0.414. The Hall–Kier alpha value is -3.22. The standard InChI is InChI=1S/C19H17FN2O4/c1-12(23)21-8-9-22-18(24)16-7-6-15(10-17(16)19(22)25)26-11-13-2-4-14(20)5-3-13/h2-7,10H,8-9,11H2,1H3,(H,21,23). The molecule has 7 heteroatoms. The minimum absolute atomic E-state index is 0.109. The highest BCUT2D eigenvalue weighted by molar-refractivity contribution is 6.21. The molecule has 0 aromatic heterocycles. The lowest BCUT2D eigenvalue weighted by molar-refractivity contribution is -0.119. The van der Waals surface area contributed by atoms with Crippen molar-refractivity contribution in [2.45, 2.75) is 13.5 Å². The molecule has 0 atom stereocenters. The van der Waals surface area contributed by atoms with Crippen molar-refractivity contribution in [3.63, 3.8) is 0 Å². The summed E-state index contributed by atoms with van der Waals surface area (Å²) in [6.45, 7) is 1.90. The Kier molecular flexibility index (Phi) is 4.97. The van der Waals surface area contributed by atoms with Gasteiger partial charge in [0.25, 0.3) is 11.8 Å². The van der Waals surface area contributed by atoms with Crippen molar-refractivity contribution in [3.8, 4) is 5.75 Å². The maximum absolute atomic E-state index is 12.9. The summed E-state index contributed by atoms with van der Waals surface area (Å²) < 4.78 is 18.5. The van der Waals surface area contributed by atoms with E-state index in [9.17, 15) is 18.8 Å². The van der Waals surface area contributed by atoms with Crippen LogP contribution in [0.15, 0.2) is 42.5 Å². The number of carbonyl (C=O) groups excluding carboxylic acids is 3. The van der Waals surface area contributed by atoms with E-state index in [-0.39, 0.29) is 42.9 Å². The number of halogens is 1. The van der Waals surface area contributed by atoms with Crippen molar-refractivity contribution >= 4 is 17.7 Å². The smallest absolute Gasteiger partial charge is 0.261 e. The first kappa shape index (κ1) is 17.6. The number of fused-ring (bicyclic) bond motifs is 1. The summed E-state index contributed by atoms with van der Waals surface area (Å²) in [6.07, 6.45) is 0. The largest absolute Gasteiger partial charge is 0.489 e. The lowest BCUT2D eigenvalue weighted by Crippen LogP contribution is -2.37. The predicted octanol–water partition coefficient (Wildman–Crippen LogP) is 2.14. The first-order chi connectivity index (χ1) is 12.5. The summed E-state index contributed by atoms with van der Waals surface area (Å²) in [4.78, 5) is 36.8. The van der Waals surface area contributed by atoms with Crippen LogP contribution in [0.1, 0.15) is 33.2 Å². The number of hydrogen-bond donors (Lipinski definition) is 1. The number of ether oxygens (including phenoxy) is 1. The summed E-state index contributed by atoms with van der Waals surface area (Å²) in [5, 5.41) is 2.56. The average Bonchev–Trinajstić information content (AvgIpc) is 2.85. The number of hydrogen-bond acceptors (Lipinski definition) is 4. The van der Waals surface area contributed by atoms with Crippen LogP contribution in [0.5, 0.6) is 5.75 Å². The lowest BCUT2D eigenvalue weighted by Gasteiger charge is -2.13. The van der Waals surface area contributed by atoms with Gasteiger partial charge in [-0.3, -0.25) is 19.3 Å². The second kappa shape index (κ2) is 7.35. The van der Waals surface area contributed by atoms with Gasteiger partial charge in [0.05, 0.1) is 11.1 Å². The predicted molar refractivity (Wildman–Crippen MR) is 91.2 cm³/mol. The van der Waals surface area contributed by atoms with Crippen molar-refractivity contribution in [1.29, 1.82) is 0 Å². The van der Waals surface area contributed by atoms with Crippen LogP contribution in [0, 0.1) is 5.82 Å². The third-order valence-corrected chi connectivity index (χ3v) is 3.97. The maximum atomic E-state index is 12.9. The molecule has 1 aliphatic heterocycles. The topological polar surface area (TPSA) is 75.7 Å². The second-order valence-corrected chi connectivity index (χ2v) is 5.87. The molecule has 6 nitrogen and oxygen atoms in total. The fourth-order valence-corrected chi connectivity index (χ4v) is 2.65. The van der Waals surface area contributed by atoms with Gasteiger partial charge in [-0.15, -0.1) is 0 Å². The van der Waals surface area contributed by atoms with E-state index >= 15 is 0 Å². The Morgan fingerprint density at radius 2 is 1.77 bits per heavy atom. The van der Waals surface area contributed by atoms with Crippen LogP contribution >= 0.6 is 0 Å². The lowest BCUT2D eigenvalue weighted by atomic mass is 10.1. The number of imide groups is 1. The van der Waals surface area contributed by atoms with E-state index in [1.807, 2.05) is 0 Å². The molecule has 2 aromatic rings. The Morgan fingerprint density at radius 3 is 2.46 bits per heavy atom. The Bertz CT molecular complexity index is 864. The molecular formula is C19H17FN2O4. The van der Waals surface area contributed by atoms with Crippen molar-refractivity contribution in [1.82, 2.24) is 10.2 Å². The zero-order valence-corrected chi connectivity index (χ0v) is 14.1. The zero-order valence-electron chi connectivity index (χ0n) is 14.1. The molecule has 1 N–H and O–H groups in total. The van der Waals surface area contributed by atoms with Crippen molar-refractivity contribution in [2.24, 2.45) is 0 Å². The van der Waals surface area contributed by atoms with Gasteiger partial charge < -0.3 is 10.1 Å². The Balaban J connectivity index is 1.68. The third-order valence-electron chi connectivity index (χ3n) is 3.97. The number of nitrogens with one attached hydrogen (secondary N) is 1. The molecule has 0 unspecified atom stereocenters. The van der Waals surface area contributed by atoms with E-state index in [0.29, 0.717) is 11.3 Å². The van der Waals surface area contributed by atoms with Gasteiger partial charge in [0.15, 0.2) is 0 Å². The van der Waals surface area contributed by atoms with Crippen molar-refractivity contribution in [3.05, 3.63) is 65.0 Å². The van der Waals surface area contributed by atoms with E-state index in [1.165, 1.54) is 25.1 Å². The molecule has 3 amide bonds. The molecule has 0 bridgehead atoms. The van der Waals surface area contributed by atoms with Crippen LogP contribution < -0.4 is 10.1 Å². The van der Waals surface area contributed by atoms with E-state index in [2.05, 4.69) is 5.32 Å². The molecule has 134 valence electrons. The monoisotopic (exact) mass is 356 g/mol. The van der Waals surface area contributed by atoms with Gasteiger partial charge in [-0.05, 0) is 35.9 Å². The molecule has 1 heterocycles. The van der Waals surface area contributed by atoms with Crippen molar-refractivity contribution < 1.29 is 23.5 Å². The van der Waals surface area contributed by atoms with E-state index < -0.39 is 5.91 Å². The number of benzene rings is 2. The molecule has 0 aliphatic carbocycles. The summed E-state index contributed by atoms with van der Waals surface area (Å²) in [5.41, 5.74) is 1.37. The van der Waals surface area contributed by atoms with Crippen LogP contribution in [0.4, 0.5) is 4.39 Å². The third kappa shape index (κ3) is 3.72. The van der Waals surface area contributed by atoms with Crippen LogP contribution in [0.2, 0.25) is 0 Å². The highest BCUT2D eigenvalue weighted by Gasteiger charge is 2.35. The SMILES string of the molecule is CC(=O)NCCN1C(=O)c2ccc(OCc3ccc(F)cc3)cc2C1=O. The average molecular weight is 356 g/mol. The molecule has 26 heavy (non-hydrogen) atoms. The first-order valence-electron chi connectivity index (χ1n) is 8.07. The number of amides is 3. The summed E-state index contributed by atoms with van der Waals surface area (Å²) in [6, 6.07) is 10.6. The molecule has 1 aliphatic rings. The molecule has 0 spiro atoms. The summed E-state index contributed by atoms with van der Waals surface area (Å²) >= 11 is 0. The quantitative estimate of drug-likeness (QED) is 0.805. The molecule has 0 fully saturated rings. The zero-order chi connectivity index (χ0) is 18.7. The second-order valence-electron chi connectivity index (χ2n) is 5.87. The molecule has 0 saturated carbocycles. The highest BCUT2D eigenvalue weighted by Crippen LogP contribution is 2.27. The Labute approximate surface area is 149 Å². The normalized spacial score (nSPS) is 12.9. The van der Waals surface area contributed by atoms with Crippen LogP contribution in [-0.2, 0) is 11.4 Å². The maximum Gasteiger partial charge on any atom is 0.261 e. The van der Waals surface area contributed by atoms with Gasteiger partial charge in [0.2, 0.25) is 5.91 Å². The first-order valence-corrected chi connectivity index (χ1v) is 8.07. The van der Waals surface area contributed by atoms with Gasteiger partial charge >= 0.3 is 0 Å². The van der Waals surface area contributed by atoms with E-state index in [1.54, 1.807) is 24.3 Å². The fraction of sp³-hybridized carbons (Fsp3) is 0.211. The fourth-order valence-electron chi connectivity index (χ4n) is 2.65. The molecule has 0 radical (unpaired) electrons. The minimum Gasteiger partial charge on any atom is -0.489 e. The van der Waals surface area contributed by atoms with Gasteiger partial charge in [-0.25, -0.2) is 4.39 Å². The number of nitrogens with zero attached hydrogens (tertiary/aromatic N) is 1. The molecule has 0 saturated heterocycles. The van der Waals surface area contributed by atoms with Gasteiger partial charge in [-0.2, -0.15) is 0 Å². The summed E-state index contributed by atoms with van der Waals surface area (Å²) in [7, 11) is 0. The highest BCUT2D eigenvalue weighted by atomic mass is 19.1. The summed E-state index contributed by atoms with van der Waals surface area (Å²) in [5.74, 6) is -0.909. The Morgan fingerprint density at radius 1 is 1.08 bits per heavy atom. The van der Waals surface area contributed by atoms with Crippen LogP contribution in [0.25, 0.3) is 0 Å². The van der Waals surface area contributed by atoms with Gasteiger partial charge in [0.1, 0.15) is 18.2 Å². The molecular weight excluding hydrogens is 339 g/mol. The molecule has 2 aromatic carbocycles. The van der Waals surface area contributed by atoms with Crippen LogP contribution in [0.3, 0.4) is 0 Å².